The number of rotatable bonds is 6. The molecule has 0 aliphatic heterocycles. The summed E-state index contributed by atoms with van der Waals surface area (Å²) in [5.74, 6) is -0.259. The summed E-state index contributed by atoms with van der Waals surface area (Å²) in [5.41, 5.74) is 1.23. The first kappa shape index (κ1) is 22.1. The number of hydrogen-bond donors (Lipinski definition) is 0. The number of halogens is 1. The van der Waals surface area contributed by atoms with Crippen molar-refractivity contribution in [2.75, 3.05) is 0 Å². The van der Waals surface area contributed by atoms with Gasteiger partial charge in [0.2, 0.25) is 0 Å². The molecule has 0 atom stereocenters. The van der Waals surface area contributed by atoms with E-state index in [1.165, 1.54) is 6.07 Å². The number of aryl methyl sites for hydroxylation is 1. The largest absolute Gasteiger partial charge is 0.542 e. The van der Waals surface area contributed by atoms with Gasteiger partial charge in [-0.05, 0) is 49.7 Å². The molecule has 1 amide bonds. The molecule has 0 bridgehead atoms. The summed E-state index contributed by atoms with van der Waals surface area (Å²) in [6, 6.07) is 4.82. The zero-order valence-electron chi connectivity index (χ0n) is 18.2. The van der Waals surface area contributed by atoms with Crippen LogP contribution in [-0.4, -0.2) is 34.7 Å². The first-order valence-corrected chi connectivity index (χ1v) is 12.5. The summed E-state index contributed by atoms with van der Waals surface area (Å²) in [7, 11) is -0.339. The Hall–Kier alpha value is -2.15. The van der Waals surface area contributed by atoms with Crippen molar-refractivity contribution in [2.45, 2.75) is 65.3 Å². The Morgan fingerprint density at radius 1 is 1.32 bits per heavy atom. The van der Waals surface area contributed by atoms with Crippen molar-refractivity contribution < 1.29 is 13.6 Å². The summed E-state index contributed by atoms with van der Waals surface area (Å²) < 4.78 is 22.3. The van der Waals surface area contributed by atoms with E-state index in [1.54, 1.807) is 34.1 Å². The highest BCUT2D eigenvalue weighted by Gasteiger charge is 2.39. The van der Waals surface area contributed by atoms with Crippen LogP contribution in [0.3, 0.4) is 0 Å². The third-order valence-electron chi connectivity index (χ3n) is 5.33. The van der Waals surface area contributed by atoms with E-state index in [1.807, 2.05) is 20.9 Å². The van der Waals surface area contributed by atoms with Crippen LogP contribution in [0.2, 0.25) is 18.1 Å². The molecule has 2 aromatic rings. The number of amides is 1. The average Bonchev–Trinajstić information content (AvgIpc) is 2.99. The fourth-order valence-electron chi connectivity index (χ4n) is 2.51. The maximum atomic E-state index is 14.4. The first-order valence-electron chi connectivity index (χ1n) is 9.58. The topological polar surface area (TPSA) is 47.4 Å². The number of carbonyl (C=O) groups is 1. The van der Waals surface area contributed by atoms with E-state index in [-0.39, 0.29) is 28.6 Å². The zero-order chi connectivity index (χ0) is 21.3. The van der Waals surface area contributed by atoms with E-state index in [0.29, 0.717) is 12.2 Å². The molecule has 5 nitrogen and oxygen atoms in total. The summed E-state index contributed by atoms with van der Waals surface area (Å²) in [6.07, 6.45) is 3.31. The Morgan fingerprint density at radius 3 is 2.46 bits per heavy atom. The minimum absolute atomic E-state index is 0.0238. The van der Waals surface area contributed by atoms with Gasteiger partial charge in [-0.25, -0.2) is 9.37 Å². The van der Waals surface area contributed by atoms with Crippen LogP contribution in [-0.2, 0) is 13.6 Å². The van der Waals surface area contributed by atoms with Crippen LogP contribution in [0.4, 0.5) is 4.39 Å². The van der Waals surface area contributed by atoms with Crippen molar-refractivity contribution in [3.8, 4) is 5.75 Å². The zero-order valence-corrected chi connectivity index (χ0v) is 19.2. The van der Waals surface area contributed by atoms with Crippen molar-refractivity contribution in [1.29, 1.82) is 0 Å². The van der Waals surface area contributed by atoms with Gasteiger partial charge in [-0.15, -0.1) is 0 Å². The molecule has 0 aliphatic carbocycles. The average molecular weight is 406 g/mol. The predicted octanol–water partition coefficient (Wildman–Crippen LogP) is 4.99. The molecule has 0 N–H and O–H groups in total. The molecular formula is C21H32FN3O2Si. The summed E-state index contributed by atoms with van der Waals surface area (Å²) >= 11 is 0. The Labute approximate surface area is 168 Å². The third kappa shape index (κ3) is 5.01. The maximum Gasteiger partial charge on any atom is 0.274 e. The van der Waals surface area contributed by atoms with Gasteiger partial charge in [-0.3, -0.25) is 4.79 Å². The normalized spacial score (nSPS) is 12.4. The van der Waals surface area contributed by atoms with Gasteiger partial charge in [0.15, 0.2) is 5.82 Å². The smallest absolute Gasteiger partial charge is 0.274 e. The standard InChI is InChI=1S/C21H32FN3O2Si/c1-15(2)25(20(26)18-13-24(6)14-23-18)12-16-9-10-17(22)19(11-16)27-28(7,8)21(3,4)5/h9-11,13-15H,12H2,1-8H3. The molecule has 1 aromatic carbocycles. The fraction of sp³-hybridized carbons (Fsp3) is 0.524. The van der Waals surface area contributed by atoms with Crippen molar-refractivity contribution >= 4 is 14.2 Å². The molecule has 1 aromatic heterocycles. The van der Waals surface area contributed by atoms with Crippen LogP contribution in [0.25, 0.3) is 0 Å². The quantitative estimate of drug-likeness (QED) is 0.636. The Morgan fingerprint density at radius 2 is 1.96 bits per heavy atom. The number of nitrogens with zero attached hydrogens (tertiary/aromatic N) is 3. The molecule has 0 fully saturated rings. The van der Waals surface area contributed by atoms with Gasteiger partial charge in [0, 0.05) is 25.8 Å². The van der Waals surface area contributed by atoms with Gasteiger partial charge in [0.05, 0.1) is 6.33 Å². The summed E-state index contributed by atoms with van der Waals surface area (Å²) in [6.45, 7) is 14.8. The number of imidazole rings is 1. The minimum Gasteiger partial charge on any atom is -0.542 e. The highest BCUT2D eigenvalue weighted by atomic mass is 28.4. The SMILES string of the molecule is CC(C)N(Cc1ccc(F)c(O[Si](C)(C)C(C)(C)C)c1)C(=O)c1cn(C)cn1. The molecule has 2 rings (SSSR count). The lowest BCUT2D eigenvalue weighted by atomic mass is 10.1. The molecule has 28 heavy (non-hydrogen) atoms. The van der Waals surface area contributed by atoms with Crippen LogP contribution in [0.15, 0.2) is 30.7 Å². The van der Waals surface area contributed by atoms with Gasteiger partial charge in [0.1, 0.15) is 11.4 Å². The van der Waals surface area contributed by atoms with Gasteiger partial charge in [-0.2, -0.15) is 0 Å². The van der Waals surface area contributed by atoms with Crippen molar-refractivity contribution in [3.05, 3.63) is 47.8 Å². The fourth-order valence-corrected chi connectivity index (χ4v) is 3.52. The summed E-state index contributed by atoms with van der Waals surface area (Å²) in [5, 5.41) is -0.0334. The monoisotopic (exact) mass is 405 g/mol. The third-order valence-corrected chi connectivity index (χ3v) is 9.67. The van der Waals surface area contributed by atoms with Crippen molar-refractivity contribution in [3.63, 3.8) is 0 Å². The van der Waals surface area contributed by atoms with Crippen LogP contribution < -0.4 is 4.43 Å². The number of hydrogen-bond acceptors (Lipinski definition) is 3. The van der Waals surface area contributed by atoms with Crippen LogP contribution in [0, 0.1) is 5.82 Å². The second-order valence-corrected chi connectivity index (χ2v) is 13.8. The van der Waals surface area contributed by atoms with E-state index in [4.69, 9.17) is 4.43 Å². The molecule has 0 radical (unpaired) electrons. The minimum atomic E-state index is -2.17. The number of benzene rings is 1. The Kier molecular flexibility index (Phi) is 6.38. The van der Waals surface area contributed by atoms with Gasteiger partial charge < -0.3 is 13.9 Å². The van der Waals surface area contributed by atoms with Crippen LogP contribution in [0.5, 0.6) is 5.75 Å². The lowest BCUT2D eigenvalue weighted by Gasteiger charge is -2.36. The van der Waals surface area contributed by atoms with E-state index >= 15 is 0 Å². The number of aromatic nitrogens is 2. The highest BCUT2D eigenvalue weighted by Crippen LogP contribution is 2.38. The molecule has 7 heteroatoms. The highest BCUT2D eigenvalue weighted by molar-refractivity contribution is 6.74. The molecule has 0 saturated heterocycles. The van der Waals surface area contributed by atoms with Crippen LogP contribution in [0.1, 0.15) is 50.7 Å². The van der Waals surface area contributed by atoms with E-state index in [0.717, 1.165) is 5.56 Å². The second-order valence-electron chi connectivity index (χ2n) is 9.08. The lowest BCUT2D eigenvalue weighted by Crippen LogP contribution is -2.44. The maximum absolute atomic E-state index is 14.4. The second kappa shape index (κ2) is 8.07. The molecular weight excluding hydrogens is 373 g/mol. The molecule has 154 valence electrons. The van der Waals surface area contributed by atoms with Crippen LogP contribution >= 0.6 is 0 Å². The molecule has 0 saturated carbocycles. The number of carbonyl (C=O) groups excluding carboxylic acids is 1. The molecule has 0 spiro atoms. The molecule has 1 heterocycles. The Bertz CT molecular complexity index is 840. The Balaban J connectivity index is 2.28. The van der Waals surface area contributed by atoms with Gasteiger partial charge >= 0.3 is 0 Å². The van der Waals surface area contributed by atoms with E-state index < -0.39 is 8.32 Å². The summed E-state index contributed by atoms with van der Waals surface area (Å²) in [4.78, 5) is 18.8. The predicted molar refractivity (Wildman–Crippen MR) is 112 cm³/mol. The van der Waals surface area contributed by atoms with Crippen molar-refractivity contribution in [2.24, 2.45) is 7.05 Å². The lowest BCUT2D eigenvalue weighted by molar-refractivity contribution is 0.0684. The molecule has 0 unspecified atom stereocenters. The van der Waals surface area contributed by atoms with Gasteiger partial charge in [-0.1, -0.05) is 26.8 Å². The van der Waals surface area contributed by atoms with E-state index in [9.17, 15) is 9.18 Å². The van der Waals surface area contributed by atoms with E-state index in [2.05, 4.69) is 38.8 Å². The van der Waals surface area contributed by atoms with Gasteiger partial charge in [0.25, 0.3) is 14.2 Å². The van der Waals surface area contributed by atoms with Crippen molar-refractivity contribution in [1.82, 2.24) is 14.5 Å². The first-order chi connectivity index (χ1) is 12.8. The molecule has 0 aliphatic rings.